The maximum atomic E-state index is 12.7. The first kappa shape index (κ1) is 17.5. The molecule has 0 spiro atoms. The number of hydrogen-bond acceptors (Lipinski definition) is 4. The third-order valence-electron chi connectivity index (χ3n) is 4.94. The van der Waals surface area contributed by atoms with Crippen molar-refractivity contribution in [3.63, 3.8) is 0 Å². The van der Waals surface area contributed by atoms with E-state index >= 15 is 0 Å². The van der Waals surface area contributed by atoms with E-state index in [2.05, 4.69) is 18.8 Å². The lowest BCUT2D eigenvalue weighted by Gasteiger charge is -2.39. The number of rotatable bonds is 4. The number of methoxy groups -OCH3 is 1. The number of aryl methyl sites for hydroxylation is 1. The Bertz CT molecular complexity index is 765. The van der Waals surface area contributed by atoms with E-state index in [1.54, 1.807) is 7.11 Å². The van der Waals surface area contributed by atoms with Crippen LogP contribution in [0.3, 0.4) is 0 Å². The van der Waals surface area contributed by atoms with Crippen molar-refractivity contribution in [2.45, 2.75) is 52.1 Å². The number of nitrogens with zero attached hydrogens (tertiary/aromatic N) is 2. The zero-order valence-corrected chi connectivity index (χ0v) is 15.4. The van der Waals surface area contributed by atoms with Crippen molar-refractivity contribution in [3.05, 3.63) is 30.0 Å². The molecule has 1 saturated heterocycles. The second-order valence-electron chi connectivity index (χ2n) is 6.86. The van der Waals surface area contributed by atoms with Crippen LogP contribution in [-0.4, -0.2) is 41.6 Å². The zero-order chi connectivity index (χ0) is 18.0. The van der Waals surface area contributed by atoms with Crippen molar-refractivity contribution in [2.75, 3.05) is 13.7 Å². The van der Waals surface area contributed by atoms with Gasteiger partial charge in [-0.3, -0.25) is 9.78 Å². The standard InChI is InChI=1S/C20H26N2O3/c1-13-10-19(17-11-16(24-4)8-9-18(17)21-13)25-12-20(23)22-14(2)6-5-7-15(22)3/h8-11,14-15H,5-7,12H2,1-4H3. The molecule has 2 heterocycles. The van der Waals surface area contributed by atoms with Crippen molar-refractivity contribution < 1.29 is 14.3 Å². The molecule has 0 N–H and O–H groups in total. The summed E-state index contributed by atoms with van der Waals surface area (Å²) < 4.78 is 11.2. The number of carbonyl (C=O) groups is 1. The number of aromatic nitrogens is 1. The van der Waals surface area contributed by atoms with Gasteiger partial charge in [-0.05, 0) is 58.2 Å². The number of piperidine rings is 1. The van der Waals surface area contributed by atoms with Crippen molar-refractivity contribution in [1.29, 1.82) is 0 Å². The van der Waals surface area contributed by atoms with Gasteiger partial charge in [-0.1, -0.05) is 0 Å². The van der Waals surface area contributed by atoms with Crippen molar-refractivity contribution in [2.24, 2.45) is 0 Å². The predicted octanol–water partition coefficient (Wildman–Crippen LogP) is 3.72. The third kappa shape index (κ3) is 3.70. The van der Waals surface area contributed by atoms with Gasteiger partial charge in [0.2, 0.25) is 0 Å². The van der Waals surface area contributed by atoms with Crippen molar-refractivity contribution >= 4 is 16.8 Å². The average Bonchev–Trinajstić information content (AvgIpc) is 2.59. The van der Waals surface area contributed by atoms with Crippen LogP contribution in [0.4, 0.5) is 0 Å². The van der Waals surface area contributed by atoms with Gasteiger partial charge < -0.3 is 14.4 Å². The molecular formula is C20H26N2O3. The monoisotopic (exact) mass is 342 g/mol. The summed E-state index contributed by atoms with van der Waals surface area (Å²) in [6.45, 7) is 6.20. The molecule has 0 aliphatic carbocycles. The minimum atomic E-state index is 0.0461. The van der Waals surface area contributed by atoms with Gasteiger partial charge in [-0.2, -0.15) is 0 Å². The van der Waals surface area contributed by atoms with Crippen LogP contribution < -0.4 is 9.47 Å². The first-order chi connectivity index (χ1) is 12.0. The first-order valence-electron chi connectivity index (χ1n) is 8.89. The molecule has 1 aromatic heterocycles. The molecule has 1 fully saturated rings. The number of amides is 1. The van der Waals surface area contributed by atoms with E-state index in [1.807, 2.05) is 36.1 Å². The molecule has 0 saturated carbocycles. The summed E-state index contributed by atoms with van der Waals surface area (Å²) in [5.41, 5.74) is 1.70. The molecule has 0 bridgehead atoms. The van der Waals surface area contributed by atoms with E-state index in [9.17, 15) is 4.79 Å². The summed E-state index contributed by atoms with van der Waals surface area (Å²) in [6.07, 6.45) is 3.30. The Morgan fingerprint density at radius 2 is 1.96 bits per heavy atom. The minimum absolute atomic E-state index is 0.0461. The number of fused-ring (bicyclic) bond motifs is 1. The second kappa shape index (κ2) is 7.30. The maximum Gasteiger partial charge on any atom is 0.260 e. The number of benzene rings is 1. The second-order valence-corrected chi connectivity index (χ2v) is 6.86. The molecule has 2 atom stereocenters. The summed E-state index contributed by atoms with van der Waals surface area (Å²) in [7, 11) is 1.63. The molecule has 1 amide bonds. The van der Waals surface area contributed by atoms with Gasteiger partial charge in [0.25, 0.3) is 5.91 Å². The molecule has 2 aromatic rings. The lowest BCUT2D eigenvalue weighted by Crippen LogP contribution is -2.49. The number of carbonyl (C=O) groups excluding carboxylic acids is 1. The van der Waals surface area contributed by atoms with Crippen molar-refractivity contribution in [3.8, 4) is 11.5 Å². The summed E-state index contributed by atoms with van der Waals surface area (Å²) in [6, 6.07) is 8.10. The van der Waals surface area contributed by atoms with E-state index < -0.39 is 0 Å². The number of likely N-dealkylation sites (tertiary alicyclic amines) is 1. The van der Waals surface area contributed by atoms with Crippen LogP contribution in [0.5, 0.6) is 11.5 Å². The Labute approximate surface area is 148 Å². The predicted molar refractivity (Wildman–Crippen MR) is 98.1 cm³/mol. The van der Waals surface area contributed by atoms with E-state index in [0.717, 1.165) is 35.2 Å². The molecule has 1 aliphatic rings. The molecule has 5 nitrogen and oxygen atoms in total. The van der Waals surface area contributed by atoms with Gasteiger partial charge in [-0.25, -0.2) is 0 Å². The zero-order valence-electron chi connectivity index (χ0n) is 15.4. The molecule has 134 valence electrons. The number of pyridine rings is 1. The highest BCUT2D eigenvalue weighted by Gasteiger charge is 2.29. The molecule has 0 radical (unpaired) electrons. The van der Waals surface area contributed by atoms with Crippen LogP contribution in [0.15, 0.2) is 24.3 Å². The van der Waals surface area contributed by atoms with Gasteiger partial charge >= 0.3 is 0 Å². The topological polar surface area (TPSA) is 51.7 Å². The van der Waals surface area contributed by atoms with Gasteiger partial charge in [0.1, 0.15) is 11.5 Å². The van der Waals surface area contributed by atoms with E-state index in [-0.39, 0.29) is 24.6 Å². The largest absolute Gasteiger partial charge is 0.497 e. The summed E-state index contributed by atoms with van der Waals surface area (Å²) in [5.74, 6) is 1.46. The Hall–Kier alpha value is -2.30. The third-order valence-corrected chi connectivity index (χ3v) is 4.94. The van der Waals surface area contributed by atoms with Gasteiger partial charge in [0.15, 0.2) is 6.61 Å². The fraction of sp³-hybridized carbons (Fsp3) is 0.500. The van der Waals surface area contributed by atoms with Crippen LogP contribution in [0.1, 0.15) is 38.8 Å². The molecule has 2 unspecified atom stereocenters. The highest BCUT2D eigenvalue weighted by Crippen LogP contribution is 2.29. The minimum Gasteiger partial charge on any atom is -0.497 e. The van der Waals surface area contributed by atoms with Crippen LogP contribution in [0.2, 0.25) is 0 Å². The number of hydrogen-bond donors (Lipinski definition) is 0. The van der Waals surface area contributed by atoms with E-state index in [4.69, 9.17) is 9.47 Å². The lowest BCUT2D eigenvalue weighted by atomic mass is 9.97. The van der Waals surface area contributed by atoms with Gasteiger partial charge in [0.05, 0.1) is 12.6 Å². The van der Waals surface area contributed by atoms with E-state index in [0.29, 0.717) is 5.75 Å². The molecule has 3 rings (SSSR count). The quantitative estimate of drug-likeness (QED) is 0.850. The normalized spacial score (nSPS) is 20.6. The average molecular weight is 342 g/mol. The van der Waals surface area contributed by atoms with Crippen LogP contribution >= 0.6 is 0 Å². The fourth-order valence-corrected chi connectivity index (χ4v) is 3.67. The molecule has 25 heavy (non-hydrogen) atoms. The Morgan fingerprint density at radius 1 is 1.24 bits per heavy atom. The SMILES string of the molecule is COc1ccc2nc(C)cc(OCC(=O)N3C(C)CCCC3C)c2c1. The van der Waals surface area contributed by atoms with Crippen LogP contribution in [-0.2, 0) is 4.79 Å². The molecular weight excluding hydrogens is 316 g/mol. The summed E-state index contributed by atoms with van der Waals surface area (Å²) >= 11 is 0. The van der Waals surface area contributed by atoms with E-state index in [1.165, 1.54) is 6.42 Å². The highest BCUT2D eigenvalue weighted by molar-refractivity contribution is 5.87. The van der Waals surface area contributed by atoms with Crippen LogP contribution in [0, 0.1) is 6.92 Å². The Balaban J connectivity index is 1.81. The van der Waals surface area contributed by atoms with Crippen LogP contribution in [0.25, 0.3) is 10.9 Å². The van der Waals surface area contributed by atoms with Gasteiger partial charge in [-0.15, -0.1) is 0 Å². The summed E-state index contributed by atoms with van der Waals surface area (Å²) in [4.78, 5) is 19.2. The summed E-state index contributed by atoms with van der Waals surface area (Å²) in [5, 5.41) is 0.859. The highest BCUT2D eigenvalue weighted by atomic mass is 16.5. The van der Waals surface area contributed by atoms with Crippen molar-refractivity contribution in [1.82, 2.24) is 9.88 Å². The first-order valence-corrected chi connectivity index (χ1v) is 8.89. The molecule has 1 aliphatic heterocycles. The maximum absolute atomic E-state index is 12.7. The number of ether oxygens (including phenoxy) is 2. The molecule has 1 aromatic carbocycles. The molecule has 5 heteroatoms. The Kier molecular flexibility index (Phi) is 5.11. The smallest absolute Gasteiger partial charge is 0.260 e. The Morgan fingerprint density at radius 3 is 2.64 bits per heavy atom. The van der Waals surface area contributed by atoms with Gasteiger partial charge in [0, 0.05) is 29.2 Å². The fourth-order valence-electron chi connectivity index (χ4n) is 3.67. The lowest BCUT2D eigenvalue weighted by molar-refractivity contribution is -0.139.